The summed E-state index contributed by atoms with van der Waals surface area (Å²) >= 11 is 1.41. The lowest BCUT2D eigenvalue weighted by Gasteiger charge is -2.12. The number of hydrogen-bond acceptors (Lipinski definition) is 5. The summed E-state index contributed by atoms with van der Waals surface area (Å²) in [7, 11) is 0. The van der Waals surface area contributed by atoms with Gasteiger partial charge in [-0.2, -0.15) is 0 Å². The number of carbonyl (C=O) groups excluding carboxylic acids is 1. The van der Waals surface area contributed by atoms with Crippen molar-refractivity contribution in [1.82, 2.24) is 23.7 Å². The average molecular weight is 474 g/mol. The quantitative estimate of drug-likeness (QED) is 0.256. The van der Waals surface area contributed by atoms with Gasteiger partial charge in [-0.3, -0.25) is 18.3 Å². The SMILES string of the molecule is CCn1c(=O)n(CC)c2cc(C(=O)C(C)Sc3nnc4cc(C)c5cccc(C)c5n34)ccc21. The Morgan fingerprint density at radius 1 is 0.971 bits per heavy atom. The van der Waals surface area contributed by atoms with Crippen LogP contribution in [0.15, 0.2) is 52.4 Å². The molecule has 0 saturated carbocycles. The van der Waals surface area contributed by atoms with E-state index in [0.717, 1.165) is 38.7 Å². The summed E-state index contributed by atoms with van der Waals surface area (Å²) in [5.74, 6) is -0.00357. The molecule has 0 aliphatic rings. The predicted molar refractivity (Wildman–Crippen MR) is 137 cm³/mol. The molecule has 0 spiro atoms. The Bertz CT molecular complexity index is 1640. The molecule has 1 atom stereocenters. The summed E-state index contributed by atoms with van der Waals surface area (Å²) in [6, 6.07) is 13.8. The van der Waals surface area contributed by atoms with Gasteiger partial charge >= 0.3 is 5.69 Å². The van der Waals surface area contributed by atoms with E-state index in [1.807, 2.05) is 49.4 Å². The number of fused-ring (bicyclic) bond motifs is 4. The van der Waals surface area contributed by atoms with E-state index >= 15 is 0 Å². The highest BCUT2D eigenvalue weighted by atomic mass is 32.2. The first-order valence-corrected chi connectivity index (χ1v) is 12.4. The molecular weight excluding hydrogens is 446 g/mol. The van der Waals surface area contributed by atoms with Gasteiger partial charge in [0.2, 0.25) is 0 Å². The van der Waals surface area contributed by atoms with Crippen LogP contribution in [0.3, 0.4) is 0 Å². The Balaban J connectivity index is 1.54. The molecule has 0 saturated heterocycles. The van der Waals surface area contributed by atoms with Gasteiger partial charge in [0.1, 0.15) is 0 Å². The number of Topliss-reactive ketones (excluding diaryl/α,β-unsaturated/α-hetero) is 1. The van der Waals surface area contributed by atoms with Crippen molar-refractivity contribution in [1.29, 1.82) is 0 Å². The summed E-state index contributed by atoms with van der Waals surface area (Å²) in [6.07, 6.45) is 0. The van der Waals surface area contributed by atoms with Crippen LogP contribution >= 0.6 is 11.8 Å². The van der Waals surface area contributed by atoms with Crippen LogP contribution in [0.25, 0.3) is 27.6 Å². The van der Waals surface area contributed by atoms with Crippen molar-refractivity contribution in [3.05, 3.63) is 69.6 Å². The molecule has 5 aromatic rings. The Morgan fingerprint density at radius 2 is 1.71 bits per heavy atom. The van der Waals surface area contributed by atoms with Gasteiger partial charge in [0.25, 0.3) is 0 Å². The second kappa shape index (κ2) is 8.43. The highest BCUT2D eigenvalue weighted by molar-refractivity contribution is 8.00. The van der Waals surface area contributed by atoms with Crippen LogP contribution in [0.2, 0.25) is 0 Å². The third kappa shape index (κ3) is 3.36. The maximum Gasteiger partial charge on any atom is 0.329 e. The molecule has 174 valence electrons. The first-order valence-electron chi connectivity index (χ1n) is 11.5. The fraction of sp³-hybridized carbons (Fsp3) is 0.308. The molecule has 0 N–H and O–H groups in total. The van der Waals surface area contributed by atoms with Crippen LogP contribution < -0.4 is 5.69 Å². The molecule has 2 aromatic carbocycles. The Kier molecular flexibility index (Phi) is 5.56. The van der Waals surface area contributed by atoms with Crippen molar-refractivity contribution < 1.29 is 4.79 Å². The first-order chi connectivity index (χ1) is 16.3. The number of para-hydroxylation sites is 1. The van der Waals surface area contributed by atoms with E-state index in [-0.39, 0.29) is 16.7 Å². The standard InChI is InChI=1S/C26H27N5O2S/c1-6-29-20-12-11-18(14-21(20)30(7-2)26(29)33)24(32)17(5)34-25-28-27-22-13-16(4)19-10-8-9-15(3)23(19)31(22)25/h8-14,17H,6-7H2,1-5H3. The van der Waals surface area contributed by atoms with Crippen molar-refractivity contribution in [3.8, 4) is 0 Å². The van der Waals surface area contributed by atoms with Gasteiger partial charge in [-0.1, -0.05) is 30.0 Å². The van der Waals surface area contributed by atoms with E-state index in [0.29, 0.717) is 23.8 Å². The highest BCUT2D eigenvalue weighted by Gasteiger charge is 2.22. The molecule has 8 heteroatoms. The van der Waals surface area contributed by atoms with Gasteiger partial charge in [-0.25, -0.2) is 4.79 Å². The third-order valence-corrected chi connectivity index (χ3v) is 7.52. The predicted octanol–water partition coefficient (Wildman–Crippen LogP) is 5.02. The van der Waals surface area contributed by atoms with E-state index in [4.69, 9.17) is 0 Å². The van der Waals surface area contributed by atoms with Gasteiger partial charge in [-0.05, 0) is 70.0 Å². The van der Waals surface area contributed by atoms with Gasteiger partial charge in [0, 0.05) is 24.0 Å². The third-order valence-electron chi connectivity index (χ3n) is 6.48. The van der Waals surface area contributed by atoms with Crippen LogP contribution in [0.5, 0.6) is 0 Å². The minimum atomic E-state index is -0.375. The topological polar surface area (TPSA) is 74.2 Å². The summed E-state index contributed by atoms with van der Waals surface area (Å²) in [4.78, 5) is 26.1. The molecule has 3 aromatic heterocycles. The molecule has 0 aliphatic heterocycles. The fourth-order valence-electron chi connectivity index (χ4n) is 4.74. The molecule has 0 fully saturated rings. The number of ketones is 1. The molecule has 0 bridgehead atoms. The van der Waals surface area contributed by atoms with Crippen LogP contribution in [0.4, 0.5) is 0 Å². The molecular formula is C26H27N5O2S. The minimum absolute atomic E-state index is 0.00357. The molecule has 0 radical (unpaired) electrons. The van der Waals surface area contributed by atoms with Crippen LogP contribution in [0, 0.1) is 13.8 Å². The average Bonchev–Trinajstić information content (AvgIpc) is 3.34. The molecule has 5 rings (SSSR count). The van der Waals surface area contributed by atoms with Gasteiger partial charge in [0.15, 0.2) is 16.6 Å². The monoisotopic (exact) mass is 473 g/mol. The number of benzene rings is 2. The Hall–Kier alpha value is -3.39. The largest absolute Gasteiger partial charge is 0.329 e. The van der Waals surface area contributed by atoms with E-state index in [2.05, 4.69) is 42.2 Å². The first kappa shape index (κ1) is 22.4. The van der Waals surface area contributed by atoms with E-state index in [9.17, 15) is 9.59 Å². The number of hydrogen-bond donors (Lipinski definition) is 0. The molecule has 3 heterocycles. The fourth-order valence-corrected chi connectivity index (χ4v) is 5.67. The molecule has 0 amide bonds. The highest BCUT2D eigenvalue weighted by Crippen LogP contribution is 2.31. The van der Waals surface area contributed by atoms with Gasteiger partial charge in [0.05, 0.1) is 21.8 Å². The summed E-state index contributed by atoms with van der Waals surface area (Å²) in [5.41, 5.74) is 6.32. The van der Waals surface area contributed by atoms with Crippen molar-refractivity contribution in [3.63, 3.8) is 0 Å². The zero-order valence-electron chi connectivity index (χ0n) is 20.0. The van der Waals surface area contributed by atoms with Gasteiger partial charge < -0.3 is 0 Å². The lowest BCUT2D eigenvalue weighted by Crippen LogP contribution is -2.23. The number of pyridine rings is 1. The molecule has 1 unspecified atom stereocenters. The zero-order chi connectivity index (χ0) is 24.1. The molecule has 0 aliphatic carbocycles. The minimum Gasteiger partial charge on any atom is -0.293 e. The summed E-state index contributed by atoms with van der Waals surface area (Å²) in [6.45, 7) is 11.1. The van der Waals surface area contributed by atoms with E-state index in [1.54, 1.807) is 9.13 Å². The van der Waals surface area contributed by atoms with Crippen LogP contribution in [0.1, 0.15) is 42.3 Å². The summed E-state index contributed by atoms with van der Waals surface area (Å²) in [5, 5.41) is 10.3. The number of aryl methyl sites for hydroxylation is 4. The van der Waals surface area contributed by atoms with Gasteiger partial charge in [-0.15, -0.1) is 10.2 Å². The summed E-state index contributed by atoms with van der Waals surface area (Å²) < 4.78 is 5.51. The molecule has 34 heavy (non-hydrogen) atoms. The van der Waals surface area contributed by atoms with Crippen molar-refractivity contribution in [2.75, 3.05) is 0 Å². The van der Waals surface area contributed by atoms with Crippen molar-refractivity contribution in [2.45, 2.75) is 58.1 Å². The lowest BCUT2D eigenvalue weighted by atomic mass is 10.1. The second-order valence-corrected chi connectivity index (χ2v) is 9.88. The van der Waals surface area contributed by atoms with E-state index < -0.39 is 0 Å². The zero-order valence-corrected chi connectivity index (χ0v) is 20.8. The van der Waals surface area contributed by atoms with Crippen LogP contribution in [-0.2, 0) is 13.1 Å². The smallest absolute Gasteiger partial charge is 0.293 e. The Labute approximate surface area is 201 Å². The Morgan fingerprint density at radius 3 is 2.44 bits per heavy atom. The number of carbonyl (C=O) groups is 1. The van der Waals surface area contributed by atoms with Crippen molar-refractivity contribution >= 4 is 45.1 Å². The maximum absolute atomic E-state index is 13.4. The van der Waals surface area contributed by atoms with E-state index in [1.165, 1.54) is 11.8 Å². The number of thioether (sulfide) groups is 1. The number of rotatable bonds is 6. The number of aromatic nitrogens is 5. The number of nitrogens with zero attached hydrogens (tertiary/aromatic N) is 5. The second-order valence-electron chi connectivity index (χ2n) is 8.57. The maximum atomic E-state index is 13.4. The normalized spacial score (nSPS) is 12.7. The lowest BCUT2D eigenvalue weighted by molar-refractivity contribution is 0.0994. The molecule has 7 nitrogen and oxygen atoms in total. The van der Waals surface area contributed by atoms with Crippen molar-refractivity contribution in [2.24, 2.45) is 0 Å². The van der Waals surface area contributed by atoms with Crippen LogP contribution in [-0.4, -0.2) is 34.8 Å². The number of imidazole rings is 1.